The lowest BCUT2D eigenvalue weighted by Crippen LogP contribution is -2.23. The molecule has 1 N–H and O–H groups in total. The van der Waals surface area contributed by atoms with E-state index in [0.29, 0.717) is 0 Å². The number of hydrogen-bond acceptors (Lipinski definition) is 2. The summed E-state index contributed by atoms with van der Waals surface area (Å²) in [5.74, 6) is 0. The summed E-state index contributed by atoms with van der Waals surface area (Å²) in [6, 6.07) is 2.02. The Kier molecular flexibility index (Phi) is 3.96. The first kappa shape index (κ1) is 10.3. The molecule has 1 aromatic heterocycles. The molecule has 0 amide bonds. The molecule has 0 fully saturated rings. The van der Waals surface area contributed by atoms with Gasteiger partial charge < -0.3 is 5.11 Å². The van der Waals surface area contributed by atoms with E-state index in [-0.39, 0.29) is 12.1 Å². The first-order valence-corrected chi connectivity index (χ1v) is 4.96. The molecule has 0 spiro atoms. The largest absolute Gasteiger partial charge is 0.391 e. The lowest BCUT2D eigenvalue weighted by atomic mass is 10.0. The highest BCUT2D eigenvalue weighted by atomic mass is 16.3. The Hall–Kier alpha value is -0.830. The number of aliphatic hydroxyl groups is 1. The standard InChI is InChI=1S/C10H18N2O/c1-3-6-10(13)9(4-2)12-8-5-7-11-12/h5,7-10,13H,3-4,6H2,1-2H3. The lowest BCUT2D eigenvalue weighted by molar-refractivity contribution is 0.0942. The van der Waals surface area contributed by atoms with Crippen LogP contribution in [0, 0.1) is 0 Å². The highest BCUT2D eigenvalue weighted by molar-refractivity contribution is 4.83. The molecule has 0 aliphatic carbocycles. The third-order valence-electron chi connectivity index (χ3n) is 2.31. The second kappa shape index (κ2) is 5.02. The molecule has 13 heavy (non-hydrogen) atoms. The summed E-state index contributed by atoms with van der Waals surface area (Å²) < 4.78 is 1.85. The second-order valence-corrected chi connectivity index (χ2v) is 3.32. The maximum absolute atomic E-state index is 9.82. The van der Waals surface area contributed by atoms with Gasteiger partial charge >= 0.3 is 0 Å². The third kappa shape index (κ3) is 2.56. The van der Waals surface area contributed by atoms with Gasteiger partial charge in [0.1, 0.15) is 0 Å². The van der Waals surface area contributed by atoms with Crippen molar-refractivity contribution in [1.29, 1.82) is 0 Å². The number of aliphatic hydroxyl groups excluding tert-OH is 1. The van der Waals surface area contributed by atoms with Gasteiger partial charge in [-0.2, -0.15) is 5.10 Å². The fourth-order valence-electron chi connectivity index (χ4n) is 1.60. The molecule has 74 valence electrons. The van der Waals surface area contributed by atoms with E-state index in [1.807, 2.05) is 16.9 Å². The molecule has 0 bridgehead atoms. The molecule has 0 saturated carbocycles. The summed E-state index contributed by atoms with van der Waals surface area (Å²) in [5, 5.41) is 14.0. The Labute approximate surface area is 79.4 Å². The van der Waals surface area contributed by atoms with Crippen LogP contribution in [-0.4, -0.2) is 21.0 Å². The van der Waals surface area contributed by atoms with Crippen LogP contribution < -0.4 is 0 Å². The van der Waals surface area contributed by atoms with E-state index in [1.165, 1.54) is 0 Å². The molecule has 0 aliphatic rings. The molecule has 2 atom stereocenters. The molecule has 2 unspecified atom stereocenters. The summed E-state index contributed by atoms with van der Waals surface area (Å²) in [4.78, 5) is 0. The van der Waals surface area contributed by atoms with E-state index >= 15 is 0 Å². The number of nitrogens with zero attached hydrogens (tertiary/aromatic N) is 2. The smallest absolute Gasteiger partial charge is 0.0775 e. The Morgan fingerprint density at radius 3 is 2.69 bits per heavy atom. The topological polar surface area (TPSA) is 38.0 Å². The van der Waals surface area contributed by atoms with Crippen LogP contribution in [0.15, 0.2) is 18.5 Å². The maximum atomic E-state index is 9.82. The van der Waals surface area contributed by atoms with Crippen molar-refractivity contribution in [3.05, 3.63) is 18.5 Å². The third-order valence-corrected chi connectivity index (χ3v) is 2.31. The van der Waals surface area contributed by atoms with Crippen LogP contribution >= 0.6 is 0 Å². The van der Waals surface area contributed by atoms with Crippen molar-refractivity contribution >= 4 is 0 Å². The molecule has 3 heteroatoms. The highest BCUT2D eigenvalue weighted by Crippen LogP contribution is 2.18. The Morgan fingerprint density at radius 1 is 1.46 bits per heavy atom. The van der Waals surface area contributed by atoms with Gasteiger partial charge in [-0.15, -0.1) is 0 Å². The Bertz CT molecular complexity index is 221. The molecule has 0 aromatic carbocycles. The predicted molar refractivity (Wildman–Crippen MR) is 52.5 cm³/mol. The van der Waals surface area contributed by atoms with Crippen LogP contribution in [0.5, 0.6) is 0 Å². The fourth-order valence-corrected chi connectivity index (χ4v) is 1.60. The molecule has 1 heterocycles. The molecule has 1 aromatic rings. The number of hydrogen-bond donors (Lipinski definition) is 1. The molecular formula is C10H18N2O. The minimum atomic E-state index is -0.269. The molecule has 1 rings (SSSR count). The summed E-state index contributed by atoms with van der Waals surface area (Å²) in [7, 11) is 0. The maximum Gasteiger partial charge on any atom is 0.0775 e. The normalized spacial score (nSPS) is 15.6. The fraction of sp³-hybridized carbons (Fsp3) is 0.700. The lowest BCUT2D eigenvalue weighted by Gasteiger charge is -2.21. The van der Waals surface area contributed by atoms with Crippen LogP contribution in [0.4, 0.5) is 0 Å². The summed E-state index contributed by atoms with van der Waals surface area (Å²) in [6.45, 7) is 4.16. The van der Waals surface area contributed by atoms with Crippen molar-refractivity contribution in [2.75, 3.05) is 0 Å². The second-order valence-electron chi connectivity index (χ2n) is 3.32. The molecule has 3 nitrogen and oxygen atoms in total. The number of rotatable bonds is 5. The zero-order valence-corrected chi connectivity index (χ0v) is 8.35. The van der Waals surface area contributed by atoms with E-state index in [9.17, 15) is 5.11 Å². The van der Waals surface area contributed by atoms with Crippen molar-refractivity contribution in [2.45, 2.75) is 45.3 Å². The molecule has 0 saturated heterocycles. The van der Waals surface area contributed by atoms with Crippen molar-refractivity contribution in [2.24, 2.45) is 0 Å². The van der Waals surface area contributed by atoms with Crippen LogP contribution in [0.3, 0.4) is 0 Å². The van der Waals surface area contributed by atoms with Crippen molar-refractivity contribution in [3.8, 4) is 0 Å². The zero-order chi connectivity index (χ0) is 9.68. The highest BCUT2D eigenvalue weighted by Gasteiger charge is 2.17. The quantitative estimate of drug-likeness (QED) is 0.756. The summed E-state index contributed by atoms with van der Waals surface area (Å²) in [5.41, 5.74) is 0. The summed E-state index contributed by atoms with van der Waals surface area (Å²) >= 11 is 0. The van der Waals surface area contributed by atoms with Crippen molar-refractivity contribution in [1.82, 2.24) is 9.78 Å². The van der Waals surface area contributed by atoms with Gasteiger partial charge in [-0.3, -0.25) is 4.68 Å². The molecule has 0 radical (unpaired) electrons. The van der Waals surface area contributed by atoms with E-state index < -0.39 is 0 Å². The monoisotopic (exact) mass is 182 g/mol. The minimum Gasteiger partial charge on any atom is -0.391 e. The predicted octanol–water partition coefficient (Wildman–Crippen LogP) is 2.00. The average Bonchev–Trinajstić information content (AvgIpc) is 2.59. The minimum absolute atomic E-state index is 0.134. The Balaban J connectivity index is 2.62. The van der Waals surface area contributed by atoms with Crippen LogP contribution in [0.1, 0.15) is 39.2 Å². The van der Waals surface area contributed by atoms with Gasteiger partial charge in [0.25, 0.3) is 0 Å². The first-order chi connectivity index (χ1) is 6.29. The number of aromatic nitrogens is 2. The van der Waals surface area contributed by atoms with Gasteiger partial charge in [0.15, 0.2) is 0 Å². The van der Waals surface area contributed by atoms with Gasteiger partial charge in [0.2, 0.25) is 0 Å². The van der Waals surface area contributed by atoms with E-state index in [4.69, 9.17) is 0 Å². The van der Waals surface area contributed by atoms with E-state index in [0.717, 1.165) is 19.3 Å². The Morgan fingerprint density at radius 2 is 2.23 bits per heavy atom. The van der Waals surface area contributed by atoms with Crippen LogP contribution in [-0.2, 0) is 0 Å². The zero-order valence-electron chi connectivity index (χ0n) is 8.35. The first-order valence-electron chi connectivity index (χ1n) is 4.96. The summed E-state index contributed by atoms with van der Waals surface area (Å²) in [6.07, 6.45) is 6.17. The van der Waals surface area contributed by atoms with E-state index in [2.05, 4.69) is 18.9 Å². The molecule has 0 aliphatic heterocycles. The van der Waals surface area contributed by atoms with Gasteiger partial charge in [0, 0.05) is 12.4 Å². The van der Waals surface area contributed by atoms with Gasteiger partial charge in [-0.25, -0.2) is 0 Å². The van der Waals surface area contributed by atoms with Gasteiger partial charge in [-0.1, -0.05) is 20.3 Å². The van der Waals surface area contributed by atoms with Crippen LogP contribution in [0.2, 0.25) is 0 Å². The van der Waals surface area contributed by atoms with E-state index in [1.54, 1.807) is 6.20 Å². The molecular weight excluding hydrogens is 164 g/mol. The van der Waals surface area contributed by atoms with Gasteiger partial charge in [0.05, 0.1) is 12.1 Å². The van der Waals surface area contributed by atoms with Crippen LogP contribution in [0.25, 0.3) is 0 Å². The SMILES string of the molecule is CCCC(O)C(CC)n1cccn1. The average molecular weight is 182 g/mol. The van der Waals surface area contributed by atoms with Gasteiger partial charge in [-0.05, 0) is 18.9 Å². The van der Waals surface area contributed by atoms with Crippen molar-refractivity contribution in [3.63, 3.8) is 0 Å². The van der Waals surface area contributed by atoms with Crippen molar-refractivity contribution < 1.29 is 5.11 Å².